The summed E-state index contributed by atoms with van der Waals surface area (Å²) in [5.41, 5.74) is 4.22. The number of benzene rings is 1. The van der Waals surface area contributed by atoms with Crippen molar-refractivity contribution in [2.45, 2.75) is 27.2 Å². The van der Waals surface area contributed by atoms with Gasteiger partial charge in [-0.2, -0.15) is 5.26 Å². The highest BCUT2D eigenvalue weighted by Crippen LogP contribution is 2.28. The zero-order valence-electron chi connectivity index (χ0n) is 16.6. The molecule has 2 heterocycles. The SMILES string of the molecule is CC(=O)N1CCN(C(=O)CCNc2c(C#N)cnc3c(C)cc(C)cc23)CC1. The molecule has 1 aliphatic heterocycles. The Morgan fingerprint density at radius 1 is 1.18 bits per heavy atom. The van der Waals surface area contributed by atoms with Crippen LogP contribution in [0.15, 0.2) is 18.3 Å². The van der Waals surface area contributed by atoms with Crippen molar-refractivity contribution in [1.82, 2.24) is 14.8 Å². The van der Waals surface area contributed by atoms with Crippen LogP contribution in [0.4, 0.5) is 5.69 Å². The molecule has 28 heavy (non-hydrogen) atoms. The second-order valence-electron chi connectivity index (χ2n) is 7.20. The Hall–Kier alpha value is -3.14. The van der Waals surface area contributed by atoms with Gasteiger partial charge in [0.05, 0.1) is 16.8 Å². The van der Waals surface area contributed by atoms with Crippen LogP contribution < -0.4 is 5.32 Å². The number of piperazine rings is 1. The molecule has 146 valence electrons. The van der Waals surface area contributed by atoms with Crippen LogP contribution in [0.5, 0.6) is 0 Å². The molecular formula is C21H25N5O2. The lowest BCUT2D eigenvalue weighted by atomic mass is 10.0. The summed E-state index contributed by atoms with van der Waals surface area (Å²) < 4.78 is 0. The number of amides is 2. The maximum atomic E-state index is 12.5. The number of pyridine rings is 1. The minimum absolute atomic E-state index is 0.0490. The van der Waals surface area contributed by atoms with Crippen LogP contribution in [0, 0.1) is 25.2 Å². The number of anilines is 1. The van der Waals surface area contributed by atoms with E-state index in [0.29, 0.717) is 44.7 Å². The summed E-state index contributed by atoms with van der Waals surface area (Å²) in [4.78, 5) is 31.9. The van der Waals surface area contributed by atoms with Gasteiger partial charge in [-0.25, -0.2) is 0 Å². The monoisotopic (exact) mass is 379 g/mol. The van der Waals surface area contributed by atoms with E-state index in [9.17, 15) is 14.9 Å². The van der Waals surface area contributed by atoms with Crippen molar-refractivity contribution in [3.05, 3.63) is 35.0 Å². The van der Waals surface area contributed by atoms with E-state index in [1.54, 1.807) is 22.9 Å². The van der Waals surface area contributed by atoms with Crippen molar-refractivity contribution < 1.29 is 9.59 Å². The molecule has 1 N–H and O–H groups in total. The predicted molar refractivity (Wildman–Crippen MR) is 108 cm³/mol. The van der Waals surface area contributed by atoms with Gasteiger partial charge in [0.2, 0.25) is 11.8 Å². The van der Waals surface area contributed by atoms with Gasteiger partial charge in [-0.3, -0.25) is 14.6 Å². The molecule has 1 aromatic heterocycles. The largest absolute Gasteiger partial charge is 0.383 e. The normalized spacial score (nSPS) is 14.1. The molecule has 7 heteroatoms. The van der Waals surface area contributed by atoms with Gasteiger partial charge in [-0.1, -0.05) is 11.6 Å². The van der Waals surface area contributed by atoms with Crippen molar-refractivity contribution in [2.24, 2.45) is 0 Å². The zero-order valence-corrected chi connectivity index (χ0v) is 16.6. The topological polar surface area (TPSA) is 89.3 Å². The molecule has 0 bridgehead atoms. The number of fused-ring (bicyclic) bond motifs is 1. The van der Waals surface area contributed by atoms with Gasteiger partial charge < -0.3 is 15.1 Å². The Kier molecular flexibility index (Phi) is 5.78. The molecule has 0 aliphatic carbocycles. The number of carbonyl (C=O) groups is 2. The Balaban J connectivity index is 1.68. The van der Waals surface area contributed by atoms with E-state index in [-0.39, 0.29) is 11.8 Å². The van der Waals surface area contributed by atoms with E-state index in [4.69, 9.17) is 0 Å². The zero-order chi connectivity index (χ0) is 20.3. The second kappa shape index (κ2) is 8.26. The van der Waals surface area contributed by atoms with Gasteiger partial charge in [-0.15, -0.1) is 0 Å². The van der Waals surface area contributed by atoms with E-state index in [1.807, 2.05) is 19.9 Å². The molecule has 0 spiro atoms. The van der Waals surface area contributed by atoms with E-state index in [2.05, 4.69) is 22.4 Å². The average Bonchev–Trinajstić information content (AvgIpc) is 2.68. The number of nitrogens with zero attached hydrogens (tertiary/aromatic N) is 4. The number of hydrogen-bond donors (Lipinski definition) is 1. The fourth-order valence-electron chi connectivity index (χ4n) is 3.66. The molecular weight excluding hydrogens is 354 g/mol. The quantitative estimate of drug-likeness (QED) is 0.880. The Morgan fingerprint density at radius 3 is 2.50 bits per heavy atom. The molecule has 2 amide bonds. The lowest BCUT2D eigenvalue weighted by Crippen LogP contribution is -2.50. The number of nitrogens with one attached hydrogen (secondary N) is 1. The standard InChI is InChI=1S/C21H25N5O2/c1-14-10-15(2)20-18(11-14)21(17(12-22)13-24-20)23-5-4-19(28)26-8-6-25(7-9-26)16(3)27/h10-11,13H,4-9H2,1-3H3,(H,23,24). The van der Waals surface area contributed by atoms with Crippen LogP contribution in [0.3, 0.4) is 0 Å². The van der Waals surface area contributed by atoms with Crippen molar-refractivity contribution >= 4 is 28.4 Å². The highest BCUT2D eigenvalue weighted by molar-refractivity contribution is 5.96. The summed E-state index contributed by atoms with van der Waals surface area (Å²) in [6, 6.07) is 6.27. The fourth-order valence-corrected chi connectivity index (χ4v) is 3.66. The van der Waals surface area contributed by atoms with Gasteiger partial charge in [0.25, 0.3) is 0 Å². The molecule has 1 saturated heterocycles. The van der Waals surface area contributed by atoms with Crippen LogP contribution in [0.2, 0.25) is 0 Å². The molecule has 0 saturated carbocycles. The third-order valence-corrected chi connectivity index (χ3v) is 5.15. The summed E-state index contributed by atoms with van der Waals surface area (Å²) in [6.07, 6.45) is 1.91. The van der Waals surface area contributed by atoms with Gasteiger partial charge in [0.15, 0.2) is 0 Å². The lowest BCUT2D eigenvalue weighted by Gasteiger charge is -2.34. The number of nitriles is 1. The van der Waals surface area contributed by atoms with E-state index in [0.717, 1.165) is 27.7 Å². The Morgan fingerprint density at radius 2 is 1.86 bits per heavy atom. The first-order chi connectivity index (χ1) is 13.4. The highest BCUT2D eigenvalue weighted by atomic mass is 16.2. The third kappa shape index (κ3) is 4.06. The first-order valence-corrected chi connectivity index (χ1v) is 9.48. The smallest absolute Gasteiger partial charge is 0.224 e. The molecule has 0 atom stereocenters. The number of aryl methyl sites for hydroxylation is 2. The summed E-state index contributed by atoms with van der Waals surface area (Å²) in [5.74, 6) is 0.105. The van der Waals surface area contributed by atoms with Crippen molar-refractivity contribution in [1.29, 1.82) is 5.26 Å². The minimum atomic E-state index is 0.0490. The third-order valence-electron chi connectivity index (χ3n) is 5.15. The average molecular weight is 379 g/mol. The van der Waals surface area contributed by atoms with Crippen molar-refractivity contribution in [2.75, 3.05) is 38.0 Å². The molecule has 0 radical (unpaired) electrons. The van der Waals surface area contributed by atoms with Crippen LogP contribution in [0.1, 0.15) is 30.0 Å². The Bertz CT molecular complexity index is 955. The fraction of sp³-hybridized carbons (Fsp3) is 0.429. The predicted octanol–water partition coefficient (Wildman–Crippen LogP) is 2.22. The van der Waals surface area contributed by atoms with Gasteiger partial charge in [0.1, 0.15) is 6.07 Å². The van der Waals surface area contributed by atoms with E-state index < -0.39 is 0 Å². The van der Waals surface area contributed by atoms with Crippen LogP contribution in [-0.2, 0) is 9.59 Å². The van der Waals surface area contributed by atoms with Crippen LogP contribution >= 0.6 is 0 Å². The number of aromatic nitrogens is 1. The number of carbonyl (C=O) groups excluding carboxylic acids is 2. The molecule has 2 aromatic rings. The lowest BCUT2D eigenvalue weighted by molar-refractivity contribution is -0.138. The Labute approximate surface area is 164 Å². The molecule has 7 nitrogen and oxygen atoms in total. The maximum Gasteiger partial charge on any atom is 0.224 e. The first kappa shape index (κ1) is 19.6. The molecule has 3 rings (SSSR count). The van der Waals surface area contributed by atoms with Gasteiger partial charge in [0, 0.05) is 57.7 Å². The number of rotatable bonds is 4. The molecule has 1 aliphatic rings. The summed E-state index contributed by atoms with van der Waals surface area (Å²) >= 11 is 0. The minimum Gasteiger partial charge on any atom is -0.383 e. The van der Waals surface area contributed by atoms with Crippen molar-refractivity contribution in [3.8, 4) is 6.07 Å². The summed E-state index contributed by atoms with van der Waals surface area (Å²) in [6.45, 7) is 8.31. The van der Waals surface area contributed by atoms with Crippen LogP contribution in [-0.4, -0.2) is 59.3 Å². The van der Waals surface area contributed by atoms with Gasteiger partial charge in [-0.05, 0) is 25.5 Å². The van der Waals surface area contributed by atoms with Crippen LogP contribution in [0.25, 0.3) is 10.9 Å². The van der Waals surface area contributed by atoms with E-state index >= 15 is 0 Å². The summed E-state index contributed by atoms with van der Waals surface area (Å²) in [7, 11) is 0. The van der Waals surface area contributed by atoms with Crippen molar-refractivity contribution in [3.63, 3.8) is 0 Å². The molecule has 1 fully saturated rings. The first-order valence-electron chi connectivity index (χ1n) is 9.48. The maximum absolute atomic E-state index is 12.5. The van der Waals surface area contributed by atoms with Gasteiger partial charge >= 0.3 is 0 Å². The molecule has 0 unspecified atom stereocenters. The highest BCUT2D eigenvalue weighted by Gasteiger charge is 2.22. The summed E-state index contributed by atoms with van der Waals surface area (Å²) in [5, 5.41) is 13.6. The van der Waals surface area contributed by atoms with E-state index in [1.165, 1.54) is 0 Å². The molecule has 1 aromatic carbocycles. The second-order valence-corrected chi connectivity index (χ2v) is 7.20. The number of hydrogen-bond acceptors (Lipinski definition) is 5.